The molecule has 0 spiro atoms. The lowest BCUT2D eigenvalue weighted by molar-refractivity contribution is -0.384. The Kier molecular flexibility index (Phi) is 8.48. The van der Waals surface area contributed by atoms with Gasteiger partial charge in [-0.1, -0.05) is 12.1 Å². The third kappa shape index (κ3) is 5.57. The van der Waals surface area contributed by atoms with Crippen molar-refractivity contribution in [2.75, 3.05) is 26.0 Å². The number of nitro benzene ring substituents is 1. The highest BCUT2D eigenvalue weighted by Crippen LogP contribution is 2.35. The molecule has 10 nitrogen and oxygen atoms in total. The lowest BCUT2D eigenvalue weighted by atomic mass is 9.92. The molecule has 1 aromatic carbocycles. The molecule has 1 aromatic heterocycles. The van der Waals surface area contributed by atoms with Crippen LogP contribution >= 0.6 is 0 Å². The minimum atomic E-state index is -1.43. The van der Waals surface area contributed by atoms with Crippen molar-refractivity contribution in [1.82, 2.24) is 4.98 Å². The first kappa shape index (κ1) is 24.3. The van der Waals surface area contributed by atoms with Gasteiger partial charge in [-0.05, 0) is 30.6 Å². The molecule has 0 saturated carbocycles. The summed E-state index contributed by atoms with van der Waals surface area (Å²) in [4.78, 5) is 40.6. The van der Waals surface area contributed by atoms with E-state index in [1.807, 2.05) is 0 Å². The molecule has 2 N–H and O–H groups in total. The van der Waals surface area contributed by atoms with Gasteiger partial charge in [0.1, 0.15) is 17.2 Å². The van der Waals surface area contributed by atoms with E-state index in [4.69, 9.17) is 15.2 Å². The number of hydrogen-bond acceptors (Lipinski definition) is 9. The van der Waals surface area contributed by atoms with Gasteiger partial charge in [-0.3, -0.25) is 15.1 Å². The molecule has 0 radical (unpaired) electrons. The number of carbonyl (C=O) groups excluding carboxylic acids is 2. The lowest BCUT2D eigenvalue weighted by Crippen LogP contribution is -2.22. The topological polar surface area (TPSA) is 158 Å². The summed E-state index contributed by atoms with van der Waals surface area (Å²) in [5.41, 5.74) is 5.82. The number of ether oxygens (including phenoxy) is 2. The van der Waals surface area contributed by atoms with Gasteiger partial charge in [0.05, 0.1) is 35.5 Å². The van der Waals surface area contributed by atoms with Crippen LogP contribution in [0.4, 0.5) is 5.69 Å². The number of aromatic nitrogens is 1. The van der Waals surface area contributed by atoms with Crippen LogP contribution in [0.25, 0.3) is 11.1 Å². The van der Waals surface area contributed by atoms with E-state index in [1.165, 1.54) is 38.3 Å². The molecule has 2 rings (SSSR count). The van der Waals surface area contributed by atoms with Gasteiger partial charge in [-0.2, -0.15) is 0 Å². The largest absolute Gasteiger partial charge is 0.616 e. The van der Waals surface area contributed by atoms with E-state index in [-0.39, 0.29) is 64.0 Å². The molecule has 0 amide bonds. The molecule has 2 aromatic rings. The van der Waals surface area contributed by atoms with Crippen LogP contribution < -0.4 is 5.73 Å². The molecular formula is C20H23N3O7S. The molecule has 31 heavy (non-hydrogen) atoms. The van der Waals surface area contributed by atoms with Gasteiger partial charge < -0.3 is 19.8 Å². The summed E-state index contributed by atoms with van der Waals surface area (Å²) in [6.45, 7) is 3.37. The van der Waals surface area contributed by atoms with E-state index < -0.39 is 28.0 Å². The standard InChI is InChI=1S/C20H23N3O7S/c1-4-30-20(25)18-15(11-31(28)9-8-21)22-12(2)16(19(24)29-3)17(18)13-6-5-7-14(10-13)23(26)27/h5-7,10H,4,8-9,11,21H2,1-3H3. The average molecular weight is 449 g/mol. The van der Waals surface area contributed by atoms with Gasteiger partial charge in [0.15, 0.2) is 0 Å². The second kappa shape index (κ2) is 10.8. The predicted molar refractivity (Wildman–Crippen MR) is 114 cm³/mol. The number of benzene rings is 1. The highest BCUT2D eigenvalue weighted by molar-refractivity contribution is 7.90. The molecule has 0 fully saturated rings. The number of nitro groups is 1. The zero-order valence-electron chi connectivity index (χ0n) is 17.4. The molecule has 1 atom stereocenters. The molecule has 11 heteroatoms. The molecule has 0 aliphatic rings. The number of pyridine rings is 1. The number of aryl methyl sites for hydroxylation is 1. The van der Waals surface area contributed by atoms with Crippen LogP contribution in [0.3, 0.4) is 0 Å². The SMILES string of the molecule is CCOC(=O)c1c(C[S+]([O-])CCN)nc(C)c(C(=O)OC)c1-c1cccc([N+](=O)[O-])c1. The van der Waals surface area contributed by atoms with E-state index in [9.17, 15) is 24.3 Å². The zero-order chi connectivity index (χ0) is 23.1. The summed E-state index contributed by atoms with van der Waals surface area (Å²) in [5, 5.41) is 11.3. The summed E-state index contributed by atoms with van der Waals surface area (Å²) < 4.78 is 22.4. The first-order valence-electron chi connectivity index (χ1n) is 9.33. The quantitative estimate of drug-likeness (QED) is 0.262. The maximum Gasteiger partial charge on any atom is 0.340 e. The molecule has 1 unspecified atom stereocenters. The fourth-order valence-corrected chi connectivity index (χ4v) is 3.98. The lowest BCUT2D eigenvalue weighted by Gasteiger charge is -2.19. The number of rotatable bonds is 9. The van der Waals surface area contributed by atoms with E-state index >= 15 is 0 Å². The molecule has 166 valence electrons. The Morgan fingerprint density at radius 3 is 2.55 bits per heavy atom. The minimum Gasteiger partial charge on any atom is -0.616 e. The Morgan fingerprint density at radius 1 is 1.26 bits per heavy atom. The monoisotopic (exact) mass is 449 g/mol. The Balaban J connectivity index is 2.91. The molecule has 0 aliphatic carbocycles. The van der Waals surface area contributed by atoms with Crippen molar-refractivity contribution in [3.8, 4) is 11.1 Å². The predicted octanol–water partition coefficient (Wildman–Crippen LogP) is 2.14. The first-order valence-corrected chi connectivity index (χ1v) is 10.8. The Bertz CT molecular complexity index is 997. The smallest absolute Gasteiger partial charge is 0.340 e. The molecule has 0 aliphatic heterocycles. The number of nitrogens with zero attached hydrogens (tertiary/aromatic N) is 2. The number of non-ortho nitro benzene ring substituents is 1. The number of hydrogen-bond donors (Lipinski definition) is 1. The van der Waals surface area contributed by atoms with Crippen molar-refractivity contribution < 1.29 is 28.5 Å². The van der Waals surface area contributed by atoms with Crippen LogP contribution in [-0.4, -0.2) is 52.4 Å². The van der Waals surface area contributed by atoms with Crippen LogP contribution in [-0.2, 0) is 26.4 Å². The number of methoxy groups -OCH3 is 1. The van der Waals surface area contributed by atoms with E-state index in [1.54, 1.807) is 6.92 Å². The van der Waals surface area contributed by atoms with Gasteiger partial charge in [0.25, 0.3) is 5.69 Å². The van der Waals surface area contributed by atoms with E-state index in [2.05, 4.69) is 4.98 Å². The van der Waals surface area contributed by atoms with Gasteiger partial charge in [0, 0.05) is 24.2 Å². The highest BCUT2D eigenvalue weighted by Gasteiger charge is 2.31. The Hall–Kier alpha value is -3.02. The van der Waals surface area contributed by atoms with Gasteiger partial charge >= 0.3 is 11.9 Å². The second-order valence-electron chi connectivity index (χ2n) is 6.37. The normalized spacial score (nSPS) is 11.6. The van der Waals surface area contributed by atoms with Gasteiger partial charge in [0.2, 0.25) is 0 Å². The van der Waals surface area contributed by atoms with Crippen molar-refractivity contribution in [3.05, 3.63) is 56.9 Å². The van der Waals surface area contributed by atoms with Crippen LogP contribution in [0.1, 0.15) is 39.0 Å². The fraction of sp³-hybridized carbons (Fsp3) is 0.350. The highest BCUT2D eigenvalue weighted by atomic mass is 32.2. The Morgan fingerprint density at radius 2 is 1.97 bits per heavy atom. The maximum atomic E-state index is 12.9. The number of nitrogens with two attached hydrogens (primary N) is 1. The van der Waals surface area contributed by atoms with E-state index in [0.717, 1.165) is 0 Å². The van der Waals surface area contributed by atoms with Gasteiger partial charge in [-0.25, -0.2) is 9.59 Å². The summed E-state index contributed by atoms with van der Waals surface area (Å²) in [7, 11) is 1.17. The van der Waals surface area contributed by atoms with Crippen molar-refractivity contribution in [1.29, 1.82) is 0 Å². The third-order valence-corrected chi connectivity index (χ3v) is 5.60. The van der Waals surface area contributed by atoms with Gasteiger partial charge in [-0.15, -0.1) is 0 Å². The first-order chi connectivity index (χ1) is 14.7. The molecular weight excluding hydrogens is 426 g/mol. The van der Waals surface area contributed by atoms with Crippen LogP contribution in [0, 0.1) is 17.0 Å². The van der Waals surface area contributed by atoms with E-state index in [0.29, 0.717) is 0 Å². The van der Waals surface area contributed by atoms with Crippen LogP contribution in [0.5, 0.6) is 0 Å². The van der Waals surface area contributed by atoms with Crippen molar-refractivity contribution >= 4 is 28.8 Å². The second-order valence-corrected chi connectivity index (χ2v) is 7.94. The molecule has 0 saturated heterocycles. The fourth-order valence-electron chi connectivity index (χ4n) is 3.06. The average Bonchev–Trinajstić information content (AvgIpc) is 2.73. The minimum absolute atomic E-state index is 0.0283. The summed E-state index contributed by atoms with van der Waals surface area (Å²) in [6, 6.07) is 5.49. The maximum absolute atomic E-state index is 12.9. The van der Waals surface area contributed by atoms with Crippen molar-refractivity contribution in [3.63, 3.8) is 0 Å². The summed E-state index contributed by atoms with van der Waals surface area (Å²) in [6.07, 6.45) is 0. The van der Waals surface area contributed by atoms with Crippen molar-refractivity contribution in [2.24, 2.45) is 5.73 Å². The van der Waals surface area contributed by atoms with Crippen molar-refractivity contribution in [2.45, 2.75) is 19.6 Å². The number of carbonyl (C=O) groups is 2. The summed E-state index contributed by atoms with van der Waals surface area (Å²) in [5.74, 6) is -1.48. The number of esters is 2. The molecule has 0 bridgehead atoms. The van der Waals surface area contributed by atoms with Crippen LogP contribution in [0.2, 0.25) is 0 Å². The summed E-state index contributed by atoms with van der Waals surface area (Å²) >= 11 is -1.43. The third-order valence-electron chi connectivity index (χ3n) is 4.31. The Labute approximate surface area is 182 Å². The zero-order valence-corrected chi connectivity index (χ0v) is 18.2. The molecule has 1 heterocycles. The van der Waals surface area contributed by atoms with Crippen LogP contribution in [0.15, 0.2) is 24.3 Å².